The quantitative estimate of drug-likeness (QED) is 0.911. The third kappa shape index (κ3) is 2.79. The number of aromatic nitrogens is 2. The second-order valence-electron chi connectivity index (χ2n) is 7.48. The summed E-state index contributed by atoms with van der Waals surface area (Å²) in [6.07, 6.45) is 6.04. The molecule has 1 spiro atoms. The van der Waals surface area contributed by atoms with E-state index in [4.69, 9.17) is 0 Å². The van der Waals surface area contributed by atoms with Gasteiger partial charge in [-0.1, -0.05) is 25.0 Å². The molecule has 2 fully saturated rings. The van der Waals surface area contributed by atoms with E-state index in [1.165, 1.54) is 0 Å². The zero-order valence-corrected chi connectivity index (χ0v) is 14.2. The number of fused-ring (bicyclic) bond motifs is 1. The maximum Gasteiger partial charge on any atom is 0.407 e. The van der Waals surface area contributed by atoms with Gasteiger partial charge in [0.05, 0.1) is 17.2 Å². The van der Waals surface area contributed by atoms with Gasteiger partial charge in [0, 0.05) is 19.6 Å². The second-order valence-corrected chi connectivity index (χ2v) is 7.48. The van der Waals surface area contributed by atoms with Crippen molar-refractivity contribution in [2.75, 3.05) is 13.1 Å². The van der Waals surface area contributed by atoms with Crippen molar-refractivity contribution in [1.82, 2.24) is 14.5 Å². The van der Waals surface area contributed by atoms with E-state index in [1.807, 2.05) is 24.3 Å². The average molecular weight is 341 g/mol. The highest BCUT2D eigenvalue weighted by molar-refractivity contribution is 5.76. The number of benzene rings is 1. The van der Waals surface area contributed by atoms with Crippen LogP contribution in [0, 0.1) is 11.3 Å². The molecule has 6 heteroatoms. The fourth-order valence-electron chi connectivity index (χ4n) is 4.77. The van der Waals surface area contributed by atoms with E-state index in [2.05, 4.69) is 4.98 Å². The molecule has 0 bridgehead atoms. The predicted molar refractivity (Wildman–Crippen MR) is 94.6 cm³/mol. The van der Waals surface area contributed by atoms with Crippen LogP contribution in [0.15, 0.2) is 35.4 Å². The molecule has 1 N–H and O–H groups in total. The van der Waals surface area contributed by atoms with E-state index in [0.717, 1.165) is 37.6 Å². The van der Waals surface area contributed by atoms with Crippen molar-refractivity contribution in [3.8, 4) is 0 Å². The Bertz CT molecular complexity index is 854. The summed E-state index contributed by atoms with van der Waals surface area (Å²) in [5.41, 5.74) is 0.737. The van der Waals surface area contributed by atoms with Crippen molar-refractivity contribution in [2.24, 2.45) is 11.3 Å². The molecule has 1 saturated carbocycles. The maximum atomic E-state index is 12.8. The van der Waals surface area contributed by atoms with E-state index in [9.17, 15) is 14.7 Å². The Morgan fingerprint density at radius 3 is 2.80 bits per heavy atom. The summed E-state index contributed by atoms with van der Waals surface area (Å²) in [7, 11) is 0. The number of carboxylic acid groups (broad SMARTS) is 1. The molecule has 1 aromatic carbocycles. The summed E-state index contributed by atoms with van der Waals surface area (Å²) in [6.45, 7) is 1.78. The Kier molecular flexibility index (Phi) is 3.98. The maximum absolute atomic E-state index is 12.8. The van der Waals surface area contributed by atoms with Crippen molar-refractivity contribution in [1.29, 1.82) is 0 Å². The lowest BCUT2D eigenvalue weighted by molar-refractivity contribution is 0.0252. The number of nitrogens with zero attached hydrogens (tertiary/aromatic N) is 3. The lowest BCUT2D eigenvalue weighted by atomic mass is 9.69. The molecule has 2 aromatic rings. The largest absolute Gasteiger partial charge is 0.465 e. The minimum atomic E-state index is -0.825. The van der Waals surface area contributed by atoms with Gasteiger partial charge in [0.15, 0.2) is 0 Å². The van der Waals surface area contributed by atoms with E-state index >= 15 is 0 Å². The Morgan fingerprint density at radius 1 is 1.28 bits per heavy atom. The number of rotatable bonds is 2. The van der Waals surface area contributed by atoms with Crippen molar-refractivity contribution >= 4 is 17.0 Å². The zero-order valence-electron chi connectivity index (χ0n) is 14.2. The summed E-state index contributed by atoms with van der Waals surface area (Å²) in [5, 5.41) is 10.0. The monoisotopic (exact) mass is 341 g/mol. The van der Waals surface area contributed by atoms with Gasteiger partial charge in [0.1, 0.15) is 0 Å². The van der Waals surface area contributed by atoms with Crippen LogP contribution in [0.2, 0.25) is 0 Å². The Morgan fingerprint density at radius 2 is 2.04 bits per heavy atom. The van der Waals surface area contributed by atoms with Gasteiger partial charge in [-0.3, -0.25) is 9.36 Å². The van der Waals surface area contributed by atoms with Crippen LogP contribution in [0.3, 0.4) is 0 Å². The molecular formula is C19H23N3O3. The average Bonchev–Trinajstić information content (AvgIpc) is 3.08. The predicted octanol–water partition coefficient (Wildman–Crippen LogP) is 2.96. The molecule has 1 aliphatic heterocycles. The summed E-state index contributed by atoms with van der Waals surface area (Å²) in [5.74, 6) is 0.325. The lowest BCUT2D eigenvalue weighted by Gasteiger charge is -2.45. The first kappa shape index (κ1) is 16.1. The third-order valence-electron chi connectivity index (χ3n) is 6.14. The molecule has 0 radical (unpaired) electrons. The number of amides is 1. The summed E-state index contributed by atoms with van der Waals surface area (Å²) < 4.78 is 1.73. The highest BCUT2D eigenvalue weighted by atomic mass is 16.4. The van der Waals surface area contributed by atoms with Gasteiger partial charge >= 0.3 is 6.09 Å². The number of carbonyl (C=O) groups is 1. The number of piperidine rings is 1. The summed E-state index contributed by atoms with van der Waals surface area (Å²) in [4.78, 5) is 30.2. The smallest absolute Gasteiger partial charge is 0.407 e. The van der Waals surface area contributed by atoms with Crippen LogP contribution in [-0.2, 0) is 6.54 Å². The van der Waals surface area contributed by atoms with Gasteiger partial charge in [0.2, 0.25) is 0 Å². The molecule has 1 atom stereocenters. The molecule has 1 saturated heterocycles. The molecule has 0 unspecified atom stereocenters. The van der Waals surface area contributed by atoms with Crippen LogP contribution in [0.1, 0.15) is 32.1 Å². The first-order chi connectivity index (χ1) is 12.1. The van der Waals surface area contributed by atoms with E-state index in [1.54, 1.807) is 15.8 Å². The molecule has 6 nitrogen and oxygen atoms in total. The molecule has 132 valence electrons. The summed E-state index contributed by atoms with van der Waals surface area (Å²) in [6, 6.07) is 7.41. The standard InChI is InChI=1S/C19H23N3O3/c23-17-15-5-1-2-6-16(15)20-13-22(17)11-14-7-10-21(18(24)25)12-19(14)8-3-4-9-19/h1-2,5-6,13-14H,3-4,7-12H2,(H,24,25)/t14-/m0/s1. The molecule has 2 heterocycles. The van der Waals surface area contributed by atoms with E-state index in [0.29, 0.717) is 30.9 Å². The van der Waals surface area contributed by atoms with Crippen molar-refractivity contribution in [2.45, 2.75) is 38.6 Å². The van der Waals surface area contributed by atoms with Gasteiger partial charge in [-0.25, -0.2) is 9.78 Å². The number of hydrogen-bond donors (Lipinski definition) is 1. The molecule has 2 aliphatic rings. The van der Waals surface area contributed by atoms with Crippen LogP contribution < -0.4 is 5.56 Å². The van der Waals surface area contributed by atoms with Crippen molar-refractivity contribution < 1.29 is 9.90 Å². The molecule has 25 heavy (non-hydrogen) atoms. The highest BCUT2D eigenvalue weighted by Gasteiger charge is 2.46. The molecule has 4 rings (SSSR count). The normalized spacial score (nSPS) is 22.6. The molecule has 1 aromatic heterocycles. The lowest BCUT2D eigenvalue weighted by Crippen LogP contribution is -2.51. The number of likely N-dealkylation sites (tertiary alicyclic amines) is 1. The Labute approximate surface area is 146 Å². The van der Waals surface area contributed by atoms with Gasteiger partial charge in [-0.2, -0.15) is 0 Å². The topological polar surface area (TPSA) is 75.4 Å². The molecule has 1 amide bonds. The molecular weight excluding hydrogens is 318 g/mol. The SMILES string of the molecule is O=C(O)N1CC[C@@H](Cn2cnc3ccccc3c2=O)C2(CCCC2)C1. The van der Waals surface area contributed by atoms with Crippen molar-refractivity contribution in [3.63, 3.8) is 0 Å². The summed E-state index contributed by atoms with van der Waals surface area (Å²) >= 11 is 0. The van der Waals surface area contributed by atoms with Gasteiger partial charge < -0.3 is 10.0 Å². The Balaban J connectivity index is 1.64. The third-order valence-corrected chi connectivity index (χ3v) is 6.14. The van der Waals surface area contributed by atoms with Gasteiger partial charge in [-0.05, 0) is 42.7 Å². The minimum absolute atomic E-state index is 0.000545. The van der Waals surface area contributed by atoms with Crippen LogP contribution in [0.25, 0.3) is 10.9 Å². The minimum Gasteiger partial charge on any atom is -0.465 e. The van der Waals surface area contributed by atoms with Crippen molar-refractivity contribution in [3.05, 3.63) is 40.9 Å². The Hall–Kier alpha value is -2.37. The van der Waals surface area contributed by atoms with E-state index in [-0.39, 0.29) is 11.0 Å². The van der Waals surface area contributed by atoms with Crippen LogP contribution in [0.5, 0.6) is 0 Å². The number of para-hydroxylation sites is 1. The van der Waals surface area contributed by atoms with E-state index < -0.39 is 6.09 Å². The number of hydrogen-bond acceptors (Lipinski definition) is 3. The fourth-order valence-corrected chi connectivity index (χ4v) is 4.77. The molecule has 1 aliphatic carbocycles. The second kappa shape index (κ2) is 6.17. The highest BCUT2D eigenvalue weighted by Crippen LogP contribution is 2.49. The van der Waals surface area contributed by atoms with Gasteiger partial charge in [0.25, 0.3) is 5.56 Å². The first-order valence-corrected chi connectivity index (χ1v) is 9.01. The zero-order chi connectivity index (χ0) is 17.4. The first-order valence-electron chi connectivity index (χ1n) is 9.01. The van der Waals surface area contributed by atoms with Crippen LogP contribution >= 0.6 is 0 Å². The van der Waals surface area contributed by atoms with Crippen LogP contribution in [-0.4, -0.2) is 38.7 Å². The van der Waals surface area contributed by atoms with Crippen LogP contribution in [0.4, 0.5) is 4.79 Å². The van der Waals surface area contributed by atoms with Gasteiger partial charge in [-0.15, -0.1) is 0 Å². The fraction of sp³-hybridized carbons (Fsp3) is 0.526.